The maximum Gasteiger partial charge on any atom is 0.343 e. The number of carbonyl (C=O) groups excluding carboxylic acids is 4. The van der Waals surface area contributed by atoms with E-state index in [1.807, 2.05) is 60.7 Å². The molecule has 14 rings (SSSR count). The van der Waals surface area contributed by atoms with Crippen molar-refractivity contribution in [2.75, 3.05) is 76.5 Å². The molecule has 4 bridgehead atoms. The molecule has 16 nitrogen and oxygen atoms in total. The number of nitrogens with zero attached hydrogens (tertiary/aromatic N) is 4. The lowest BCUT2D eigenvalue weighted by atomic mass is 9.68. The number of ether oxygens (including phenoxy) is 4. The first-order valence-electron chi connectivity index (χ1n) is 32.9. The number of rotatable bonds is 2. The van der Waals surface area contributed by atoms with Crippen molar-refractivity contribution in [3.05, 3.63) is 141 Å². The lowest BCUT2D eigenvalue weighted by Gasteiger charge is -2.45. The van der Waals surface area contributed by atoms with Crippen LogP contribution in [0.4, 0.5) is 11.4 Å². The van der Waals surface area contributed by atoms with E-state index in [4.69, 9.17) is 42.1 Å². The summed E-state index contributed by atoms with van der Waals surface area (Å²) in [5.74, 6) is -0.147. The quantitative estimate of drug-likeness (QED) is 0.109. The smallest absolute Gasteiger partial charge is 0.343 e. The number of aliphatic hydroxyl groups excluding tert-OH is 2. The van der Waals surface area contributed by atoms with E-state index in [-0.39, 0.29) is 58.4 Å². The highest BCUT2D eigenvalue weighted by Crippen LogP contribution is 2.51. The third-order valence-corrected chi connectivity index (χ3v) is 23.0. The molecule has 2 amide bonds. The molecule has 90 heavy (non-hydrogen) atoms. The molecular weight excluding hydrogens is 1180 g/mol. The Kier molecular flexibility index (Phi) is 17.7. The van der Waals surface area contributed by atoms with E-state index in [0.717, 1.165) is 111 Å². The molecule has 12 atom stereocenters. The number of anilines is 2. The number of carbonyl (C=O) groups is 4. The maximum atomic E-state index is 13.7. The van der Waals surface area contributed by atoms with Gasteiger partial charge >= 0.3 is 11.9 Å². The number of esters is 2. The summed E-state index contributed by atoms with van der Waals surface area (Å²) in [6.07, 6.45) is 20.4. The average Bonchev–Trinajstić information content (AvgIpc) is 1.59. The largest absolute Gasteiger partial charge is 0.490 e. The first-order valence-corrected chi connectivity index (χ1v) is 33.7. The van der Waals surface area contributed by atoms with Crippen LogP contribution in [0.2, 0.25) is 10.0 Å². The number of methoxy groups -OCH3 is 2. The predicted molar refractivity (Wildman–Crippen MR) is 343 cm³/mol. The molecule has 0 aromatic heterocycles. The van der Waals surface area contributed by atoms with Gasteiger partial charge in [0, 0.05) is 72.2 Å². The zero-order valence-electron chi connectivity index (χ0n) is 51.8. The predicted octanol–water partition coefficient (Wildman–Crippen LogP) is 9.80. The Hall–Kier alpha value is -6.14. The second kappa shape index (κ2) is 25.4. The molecule has 6 heterocycles. The van der Waals surface area contributed by atoms with E-state index in [0.29, 0.717) is 87.9 Å². The zero-order chi connectivity index (χ0) is 62.7. The van der Waals surface area contributed by atoms with Crippen LogP contribution < -0.4 is 19.3 Å². The average molecular weight is 1270 g/mol. The van der Waals surface area contributed by atoms with Crippen LogP contribution >= 0.6 is 23.2 Å². The third-order valence-electron chi connectivity index (χ3n) is 22.5. The first kappa shape index (κ1) is 62.7. The summed E-state index contributed by atoms with van der Waals surface area (Å²) >= 11 is 12.8. The van der Waals surface area contributed by atoms with Gasteiger partial charge in [-0.2, -0.15) is 0 Å². The van der Waals surface area contributed by atoms with E-state index in [1.54, 1.807) is 21.9 Å². The normalized spacial score (nSPS) is 33.6. The number of fused-ring (bicyclic) bond motifs is 10. The van der Waals surface area contributed by atoms with Crippen molar-refractivity contribution in [1.82, 2.24) is 9.80 Å². The monoisotopic (exact) mass is 1270 g/mol. The number of amides is 2. The Labute approximate surface area is 538 Å². The van der Waals surface area contributed by atoms with Crippen LogP contribution in [0.1, 0.15) is 136 Å². The van der Waals surface area contributed by atoms with Gasteiger partial charge in [-0.3, -0.25) is 9.59 Å². The number of hydrogen-bond acceptors (Lipinski definition) is 14. The SMILES string of the molecule is COC(=O)[C@@]1(O)CC(=O)N2CCC[C@H]2C/C=C/[C@H](O)[C@@H]2CC[C@H]2CN2C[C@@]3(CCCc4cc(Cl)ccc43)COc3ccc1cc32.COC(=O)[C@]1(O)CC(=O)N2CCC[C@H]2C/C=C/[C@H](O)[C@@H]2CC[C@H]2CN2C[C@@]3(CCCc4cc(Cl)ccc43)COc3ccc1cc32. The van der Waals surface area contributed by atoms with Crippen molar-refractivity contribution in [2.24, 2.45) is 23.7 Å². The first-order chi connectivity index (χ1) is 43.4. The Balaban J connectivity index is 0.000000165. The van der Waals surface area contributed by atoms with Gasteiger partial charge in [-0.25, -0.2) is 9.59 Å². The molecule has 4 N–H and O–H groups in total. The molecule has 18 heteroatoms. The van der Waals surface area contributed by atoms with Crippen molar-refractivity contribution < 1.29 is 58.6 Å². The van der Waals surface area contributed by atoms with Gasteiger partial charge in [0.15, 0.2) is 11.2 Å². The third kappa shape index (κ3) is 11.7. The fraction of sp³-hybridized carbons (Fsp3) is 0.556. The van der Waals surface area contributed by atoms with Crippen LogP contribution in [0.5, 0.6) is 11.5 Å². The van der Waals surface area contributed by atoms with Gasteiger partial charge in [0.2, 0.25) is 11.8 Å². The Morgan fingerprint density at radius 1 is 0.567 bits per heavy atom. The van der Waals surface area contributed by atoms with Crippen LogP contribution in [0.15, 0.2) is 97.1 Å². The van der Waals surface area contributed by atoms with Crippen molar-refractivity contribution in [3.8, 4) is 11.5 Å². The summed E-state index contributed by atoms with van der Waals surface area (Å²) in [4.78, 5) is 62.3. The molecule has 2 saturated heterocycles. The van der Waals surface area contributed by atoms with Gasteiger partial charge in [-0.05, 0) is 208 Å². The maximum absolute atomic E-state index is 13.7. The molecule has 6 aliphatic heterocycles. The number of benzene rings is 4. The van der Waals surface area contributed by atoms with Crippen LogP contribution in [-0.4, -0.2) is 145 Å². The topological polar surface area (TPSA) is 199 Å². The number of hydrogen-bond donors (Lipinski definition) is 4. The fourth-order valence-corrected chi connectivity index (χ4v) is 17.7. The highest BCUT2D eigenvalue weighted by molar-refractivity contribution is 6.31. The molecule has 4 aliphatic carbocycles. The number of halogens is 2. The van der Waals surface area contributed by atoms with Gasteiger partial charge in [-0.15, -0.1) is 0 Å². The standard InChI is InChI=1S/2C36H43ClN2O6/c2*1-44-34(42)36(43)19-33(41)39-16-4-7-27(39)6-2-8-31(40)28-12-9-24(28)20-38-21-35(22-45-32-14-10-25(36)18-30(32)38)15-3-5-23-17-26(37)11-13-29(23)35/h2*2,8,10-11,13-14,17-18,24,27-28,31,40,43H,3-7,9,12,15-16,19-22H2,1H3/b2*8-2+/t24-,27+,28+,31-,35-,36+;24-,27+,28+,31-,35-,36-/m00/s1. The van der Waals surface area contributed by atoms with Gasteiger partial charge in [0.1, 0.15) is 11.5 Å². The van der Waals surface area contributed by atoms with Crippen LogP contribution in [-0.2, 0) is 63.5 Å². The molecule has 4 aromatic carbocycles. The highest BCUT2D eigenvalue weighted by atomic mass is 35.5. The fourth-order valence-electron chi connectivity index (χ4n) is 17.3. The summed E-state index contributed by atoms with van der Waals surface area (Å²) < 4.78 is 23.5. The van der Waals surface area contributed by atoms with Gasteiger partial charge in [0.25, 0.3) is 0 Å². The molecule has 10 aliphatic rings. The highest BCUT2D eigenvalue weighted by Gasteiger charge is 2.51. The summed E-state index contributed by atoms with van der Waals surface area (Å²) in [5, 5.41) is 48.1. The summed E-state index contributed by atoms with van der Waals surface area (Å²) in [5.41, 5.74) is 2.32. The molecule has 4 fully saturated rings. The van der Waals surface area contributed by atoms with Crippen molar-refractivity contribution in [3.63, 3.8) is 0 Å². The molecule has 0 unspecified atom stereocenters. The summed E-state index contributed by atoms with van der Waals surface area (Å²) in [7, 11) is 2.48. The zero-order valence-corrected chi connectivity index (χ0v) is 53.4. The lowest BCUT2D eigenvalue weighted by Crippen LogP contribution is -2.49. The minimum atomic E-state index is -2.15. The summed E-state index contributed by atoms with van der Waals surface area (Å²) in [6, 6.07) is 23.0. The van der Waals surface area contributed by atoms with E-state index >= 15 is 0 Å². The van der Waals surface area contributed by atoms with E-state index < -0.39 is 48.2 Å². The van der Waals surface area contributed by atoms with Crippen molar-refractivity contribution in [2.45, 2.75) is 162 Å². The minimum absolute atomic E-state index is 0.0340. The Morgan fingerprint density at radius 3 is 1.40 bits per heavy atom. The molecule has 480 valence electrons. The molecular formula is C72H86Cl2N4O12. The number of aryl methyl sites for hydroxylation is 2. The Morgan fingerprint density at radius 2 is 1.00 bits per heavy atom. The van der Waals surface area contributed by atoms with E-state index in [9.17, 15) is 39.6 Å². The minimum Gasteiger partial charge on any atom is -0.490 e. The van der Waals surface area contributed by atoms with Crippen molar-refractivity contribution in [1.29, 1.82) is 0 Å². The molecule has 2 spiro atoms. The number of aliphatic hydroxyl groups is 4. The van der Waals surface area contributed by atoms with Gasteiger partial charge < -0.3 is 59.0 Å². The van der Waals surface area contributed by atoms with Crippen LogP contribution in [0.25, 0.3) is 0 Å². The van der Waals surface area contributed by atoms with Crippen molar-refractivity contribution >= 4 is 58.3 Å². The molecule has 0 radical (unpaired) electrons. The second-order valence-corrected chi connectivity index (χ2v) is 28.6. The van der Waals surface area contributed by atoms with Crippen LogP contribution in [0.3, 0.4) is 0 Å². The van der Waals surface area contributed by atoms with Crippen LogP contribution in [0, 0.1) is 23.7 Å². The Bertz CT molecular complexity index is 3250. The molecule has 2 saturated carbocycles. The van der Waals surface area contributed by atoms with Gasteiger partial charge in [-0.1, -0.05) is 71.8 Å². The second-order valence-electron chi connectivity index (χ2n) is 27.7. The lowest BCUT2D eigenvalue weighted by molar-refractivity contribution is -0.168. The van der Waals surface area contributed by atoms with E-state index in [1.165, 1.54) is 36.5 Å². The molecule has 4 aromatic rings. The summed E-state index contributed by atoms with van der Waals surface area (Å²) in [6.45, 7) is 4.87. The van der Waals surface area contributed by atoms with E-state index in [2.05, 4.69) is 34.1 Å². The van der Waals surface area contributed by atoms with Gasteiger partial charge in [0.05, 0.1) is 63.9 Å².